The maximum Gasteiger partial charge on any atom is 0.243 e. The number of hydrogen-bond donors (Lipinski definition) is 1. The molecule has 2 heterocycles. The quantitative estimate of drug-likeness (QED) is 0.945. The van der Waals surface area contributed by atoms with Gasteiger partial charge in [0.2, 0.25) is 10.0 Å². The van der Waals surface area contributed by atoms with Gasteiger partial charge >= 0.3 is 0 Å². The van der Waals surface area contributed by atoms with E-state index in [-0.39, 0.29) is 5.92 Å². The van der Waals surface area contributed by atoms with Crippen LogP contribution in [-0.2, 0) is 10.0 Å². The van der Waals surface area contributed by atoms with Crippen LogP contribution in [0.3, 0.4) is 0 Å². The second-order valence-corrected chi connectivity index (χ2v) is 7.92. The topological polar surface area (TPSA) is 66.1 Å². The van der Waals surface area contributed by atoms with E-state index in [1.54, 1.807) is 22.6 Å². The molecule has 22 heavy (non-hydrogen) atoms. The summed E-state index contributed by atoms with van der Waals surface area (Å²) in [6.45, 7) is 5.06. The van der Waals surface area contributed by atoms with Gasteiger partial charge in [0.1, 0.15) is 0 Å². The number of aromatic nitrogens is 2. The van der Waals surface area contributed by atoms with Gasteiger partial charge < -0.3 is 0 Å². The van der Waals surface area contributed by atoms with E-state index >= 15 is 0 Å². The van der Waals surface area contributed by atoms with Gasteiger partial charge in [-0.25, -0.2) is 8.42 Å². The average molecular weight is 319 g/mol. The van der Waals surface area contributed by atoms with E-state index in [4.69, 9.17) is 0 Å². The van der Waals surface area contributed by atoms with Crippen LogP contribution in [0.5, 0.6) is 0 Å². The van der Waals surface area contributed by atoms with Gasteiger partial charge in [-0.2, -0.15) is 9.40 Å². The minimum atomic E-state index is -3.42. The Hall–Kier alpha value is -1.66. The zero-order chi connectivity index (χ0) is 15.7. The molecular weight excluding hydrogens is 298 g/mol. The van der Waals surface area contributed by atoms with E-state index in [0.717, 1.165) is 29.7 Å². The van der Waals surface area contributed by atoms with Crippen LogP contribution in [0.15, 0.2) is 35.4 Å². The van der Waals surface area contributed by atoms with E-state index in [9.17, 15) is 8.42 Å². The van der Waals surface area contributed by atoms with Crippen LogP contribution in [0.1, 0.15) is 35.6 Å². The highest BCUT2D eigenvalue weighted by atomic mass is 32.2. The molecule has 1 aliphatic rings. The van der Waals surface area contributed by atoms with Gasteiger partial charge in [-0.05, 0) is 44.4 Å². The summed E-state index contributed by atoms with van der Waals surface area (Å²) >= 11 is 0. The fourth-order valence-electron chi connectivity index (χ4n) is 3.03. The molecule has 1 aliphatic heterocycles. The largest absolute Gasteiger partial charge is 0.282 e. The molecule has 1 atom stereocenters. The third kappa shape index (κ3) is 2.80. The third-order valence-electron chi connectivity index (χ3n) is 4.32. The summed E-state index contributed by atoms with van der Waals surface area (Å²) in [6, 6.07) is 7.06. The molecule has 0 aliphatic carbocycles. The van der Waals surface area contributed by atoms with Crippen molar-refractivity contribution < 1.29 is 8.42 Å². The molecule has 1 fully saturated rings. The number of aromatic amines is 1. The Morgan fingerprint density at radius 3 is 2.59 bits per heavy atom. The first-order chi connectivity index (χ1) is 10.5. The van der Waals surface area contributed by atoms with Crippen molar-refractivity contribution in [2.45, 2.75) is 37.5 Å². The number of H-pyrrole nitrogens is 1. The lowest BCUT2D eigenvalue weighted by molar-refractivity contribution is 0.312. The van der Waals surface area contributed by atoms with Crippen molar-refractivity contribution in [3.8, 4) is 0 Å². The van der Waals surface area contributed by atoms with Gasteiger partial charge in [-0.3, -0.25) is 5.10 Å². The number of rotatable bonds is 3. The molecule has 1 N–H and O–H groups in total. The number of benzene rings is 1. The summed E-state index contributed by atoms with van der Waals surface area (Å²) < 4.78 is 27.2. The monoisotopic (exact) mass is 319 g/mol. The third-order valence-corrected chi connectivity index (χ3v) is 6.20. The summed E-state index contributed by atoms with van der Waals surface area (Å²) in [5.41, 5.74) is 3.21. The minimum absolute atomic E-state index is 0.191. The first kappa shape index (κ1) is 15.2. The van der Waals surface area contributed by atoms with Gasteiger partial charge in [0.15, 0.2) is 0 Å². The Balaban J connectivity index is 1.85. The van der Waals surface area contributed by atoms with Crippen LogP contribution in [0.2, 0.25) is 0 Å². The smallest absolute Gasteiger partial charge is 0.243 e. The van der Waals surface area contributed by atoms with Crippen molar-refractivity contribution in [3.05, 3.63) is 47.3 Å². The first-order valence-corrected chi connectivity index (χ1v) is 8.99. The van der Waals surface area contributed by atoms with Gasteiger partial charge in [-0.15, -0.1) is 0 Å². The molecule has 0 bridgehead atoms. The van der Waals surface area contributed by atoms with Crippen molar-refractivity contribution in [3.63, 3.8) is 0 Å². The van der Waals surface area contributed by atoms with Crippen LogP contribution in [0.4, 0.5) is 0 Å². The second kappa shape index (κ2) is 5.85. The van der Waals surface area contributed by atoms with Crippen LogP contribution in [0, 0.1) is 13.8 Å². The van der Waals surface area contributed by atoms with E-state index in [0.29, 0.717) is 18.0 Å². The molecule has 0 amide bonds. The van der Waals surface area contributed by atoms with E-state index in [2.05, 4.69) is 10.2 Å². The Kier molecular flexibility index (Phi) is 4.06. The predicted molar refractivity (Wildman–Crippen MR) is 85.2 cm³/mol. The predicted octanol–water partition coefficient (Wildman–Crippen LogP) is 2.59. The second-order valence-electron chi connectivity index (χ2n) is 5.98. The molecule has 118 valence electrons. The summed E-state index contributed by atoms with van der Waals surface area (Å²) in [5, 5.41) is 7.08. The molecular formula is C16H21N3O2S. The minimum Gasteiger partial charge on any atom is -0.282 e. The highest BCUT2D eigenvalue weighted by molar-refractivity contribution is 7.89. The average Bonchev–Trinajstić information content (AvgIpc) is 2.94. The van der Waals surface area contributed by atoms with Gasteiger partial charge in [0.25, 0.3) is 0 Å². The standard InChI is InChI=1S/C16H21N3O2S/c1-12-5-7-15(8-6-12)22(20,21)19-9-3-4-14(11-19)16-13(2)10-17-18-16/h5-8,10,14H,3-4,9,11H2,1-2H3,(H,17,18)/t14-/m0/s1. The lowest BCUT2D eigenvalue weighted by Gasteiger charge is -2.31. The molecule has 3 rings (SSSR count). The van der Waals surface area contributed by atoms with Gasteiger partial charge in [0.05, 0.1) is 11.1 Å². The van der Waals surface area contributed by atoms with Gasteiger partial charge in [-0.1, -0.05) is 17.7 Å². The fraction of sp³-hybridized carbons (Fsp3) is 0.438. The number of nitrogens with zero attached hydrogens (tertiary/aromatic N) is 2. The summed E-state index contributed by atoms with van der Waals surface area (Å²) in [4.78, 5) is 0.375. The summed E-state index contributed by atoms with van der Waals surface area (Å²) in [7, 11) is -3.42. The summed E-state index contributed by atoms with van der Waals surface area (Å²) in [6.07, 6.45) is 3.65. The molecule has 1 saturated heterocycles. The molecule has 0 spiro atoms. The number of sulfonamides is 1. The highest BCUT2D eigenvalue weighted by Gasteiger charge is 2.31. The van der Waals surface area contributed by atoms with Crippen LogP contribution in [-0.4, -0.2) is 36.0 Å². The first-order valence-electron chi connectivity index (χ1n) is 7.55. The maximum absolute atomic E-state index is 12.8. The lowest BCUT2D eigenvalue weighted by Crippen LogP contribution is -2.39. The zero-order valence-corrected chi connectivity index (χ0v) is 13.7. The summed E-state index contributed by atoms with van der Waals surface area (Å²) in [5.74, 6) is 0.191. The molecule has 2 aromatic rings. The molecule has 0 radical (unpaired) electrons. The van der Waals surface area contributed by atoms with Crippen molar-refractivity contribution in [1.29, 1.82) is 0 Å². The zero-order valence-electron chi connectivity index (χ0n) is 12.9. The van der Waals surface area contributed by atoms with Crippen molar-refractivity contribution in [1.82, 2.24) is 14.5 Å². The highest BCUT2D eigenvalue weighted by Crippen LogP contribution is 2.30. The molecule has 6 heteroatoms. The Morgan fingerprint density at radius 2 is 1.95 bits per heavy atom. The lowest BCUT2D eigenvalue weighted by atomic mass is 9.94. The molecule has 5 nitrogen and oxygen atoms in total. The number of nitrogens with one attached hydrogen (secondary N) is 1. The van der Waals surface area contributed by atoms with Crippen LogP contribution in [0.25, 0.3) is 0 Å². The molecule has 0 saturated carbocycles. The maximum atomic E-state index is 12.8. The van der Waals surface area contributed by atoms with Crippen LogP contribution < -0.4 is 0 Å². The fourth-order valence-corrected chi connectivity index (χ4v) is 4.55. The molecule has 1 aromatic heterocycles. The molecule has 1 aromatic carbocycles. The SMILES string of the molecule is Cc1ccc(S(=O)(=O)N2CCC[C@H](c3[nH]ncc3C)C2)cc1. The molecule has 0 unspecified atom stereocenters. The van der Waals surface area contributed by atoms with E-state index in [1.165, 1.54) is 0 Å². The van der Waals surface area contributed by atoms with E-state index < -0.39 is 10.0 Å². The Morgan fingerprint density at radius 1 is 1.23 bits per heavy atom. The Labute approximate surface area is 131 Å². The van der Waals surface area contributed by atoms with Crippen molar-refractivity contribution >= 4 is 10.0 Å². The number of hydrogen-bond acceptors (Lipinski definition) is 3. The Bertz CT molecular complexity index is 750. The van der Waals surface area contributed by atoms with Crippen molar-refractivity contribution in [2.75, 3.05) is 13.1 Å². The number of aryl methyl sites for hydroxylation is 2. The van der Waals surface area contributed by atoms with E-state index in [1.807, 2.05) is 26.0 Å². The number of piperidine rings is 1. The normalized spacial score (nSPS) is 20.2. The van der Waals surface area contributed by atoms with Crippen molar-refractivity contribution in [2.24, 2.45) is 0 Å². The van der Waals surface area contributed by atoms with Crippen LogP contribution >= 0.6 is 0 Å². The van der Waals surface area contributed by atoms with Gasteiger partial charge in [0, 0.05) is 24.7 Å².